The molecule has 1 N–H and O–H groups in total. The average Bonchev–Trinajstić information content (AvgIpc) is 3.38. The van der Waals surface area contributed by atoms with Gasteiger partial charge in [-0.15, -0.1) is 11.3 Å². The molecule has 1 saturated heterocycles. The van der Waals surface area contributed by atoms with Gasteiger partial charge in [-0.2, -0.15) is 0 Å². The summed E-state index contributed by atoms with van der Waals surface area (Å²) in [6.07, 6.45) is 0.712. The van der Waals surface area contributed by atoms with Gasteiger partial charge in [0.05, 0.1) is 24.6 Å². The fraction of sp³-hybridized carbons (Fsp3) is 0.267. The van der Waals surface area contributed by atoms with Crippen LogP contribution < -0.4 is 19.8 Å². The summed E-state index contributed by atoms with van der Waals surface area (Å²) in [6.45, 7) is 4.41. The van der Waals surface area contributed by atoms with E-state index in [1.54, 1.807) is 23.5 Å². The number of hydrogen-bond donors (Lipinski definition) is 1. The number of morpholine rings is 1. The molecule has 1 fully saturated rings. The van der Waals surface area contributed by atoms with E-state index in [0.717, 1.165) is 42.4 Å². The summed E-state index contributed by atoms with van der Waals surface area (Å²) in [6, 6.07) is 24.0. The molecule has 1 aliphatic heterocycles. The average molecular weight is 547 g/mol. The Kier molecular flexibility index (Phi) is 9.03. The van der Waals surface area contributed by atoms with E-state index in [9.17, 15) is 9.18 Å². The van der Waals surface area contributed by atoms with Crippen LogP contribution in [-0.2, 0) is 16.1 Å². The number of nitrogens with one attached hydrogen (secondary N) is 1. The zero-order valence-electron chi connectivity index (χ0n) is 21.6. The number of carbonyl (C=O) groups is 1. The molecule has 1 aliphatic rings. The number of ether oxygens (including phenoxy) is 2. The Balaban J connectivity index is 1.28. The summed E-state index contributed by atoms with van der Waals surface area (Å²) in [5.41, 5.74) is 4.00. The lowest BCUT2D eigenvalue weighted by atomic mass is 10.1. The summed E-state index contributed by atoms with van der Waals surface area (Å²) < 4.78 is 26.6. The Morgan fingerprint density at radius 3 is 2.49 bits per heavy atom. The quantitative estimate of drug-likeness (QED) is 0.284. The van der Waals surface area contributed by atoms with Crippen LogP contribution in [0.4, 0.5) is 15.8 Å². The van der Waals surface area contributed by atoms with Crippen molar-refractivity contribution in [3.63, 3.8) is 0 Å². The highest BCUT2D eigenvalue weighted by atomic mass is 32.1. The molecule has 1 aromatic heterocycles. The van der Waals surface area contributed by atoms with Crippen molar-refractivity contribution in [1.82, 2.24) is 9.88 Å². The zero-order valence-corrected chi connectivity index (χ0v) is 22.4. The number of benzene rings is 3. The van der Waals surface area contributed by atoms with Gasteiger partial charge in [-0.05, 0) is 60.5 Å². The van der Waals surface area contributed by atoms with Gasteiger partial charge < -0.3 is 24.3 Å². The van der Waals surface area contributed by atoms with E-state index in [2.05, 4.69) is 44.4 Å². The van der Waals surface area contributed by atoms with Gasteiger partial charge in [0.15, 0.2) is 11.4 Å². The van der Waals surface area contributed by atoms with Crippen LogP contribution in [0.5, 0.6) is 5.75 Å². The van der Waals surface area contributed by atoms with Crippen molar-refractivity contribution < 1.29 is 18.7 Å². The maximum absolute atomic E-state index is 13.4. The van der Waals surface area contributed by atoms with Crippen LogP contribution in [0.25, 0.3) is 11.3 Å². The molecular formula is C30H31FN4O3S. The highest BCUT2D eigenvalue weighted by Gasteiger charge is 2.13. The molecule has 3 aromatic carbocycles. The molecule has 4 aromatic rings. The van der Waals surface area contributed by atoms with Crippen LogP contribution in [0.2, 0.25) is 0 Å². The number of thiazole rings is 1. The van der Waals surface area contributed by atoms with Crippen molar-refractivity contribution in [2.45, 2.75) is 13.0 Å². The number of carbonyl (C=O) groups excluding carboxylic acids is 1. The van der Waals surface area contributed by atoms with E-state index in [1.165, 1.54) is 17.8 Å². The molecule has 0 bridgehead atoms. The molecule has 5 rings (SSSR count). The molecular weight excluding hydrogens is 515 g/mol. The minimum atomic E-state index is -0.291. The first-order valence-electron chi connectivity index (χ1n) is 13.0. The molecule has 0 saturated carbocycles. The molecule has 0 atom stereocenters. The van der Waals surface area contributed by atoms with Gasteiger partial charge in [0.2, 0.25) is 0 Å². The van der Waals surface area contributed by atoms with E-state index in [0.29, 0.717) is 30.9 Å². The van der Waals surface area contributed by atoms with Gasteiger partial charge >= 0.3 is 0 Å². The maximum Gasteiger partial charge on any atom is 0.257 e. The van der Waals surface area contributed by atoms with Crippen molar-refractivity contribution in [2.75, 3.05) is 44.4 Å². The third-order valence-corrected chi connectivity index (χ3v) is 7.25. The minimum Gasteiger partial charge on any atom is -0.484 e. The second kappa shape index (κ2) is 13.2. The Morgan fingerprint density at radius 2 is 1.74 bits per heavy atom. The lowest BCUT2D eigenvalue weighted by Gasteiger charge is -2.28. The first kappa shape index (κ1) is 26.6. The molecule has 39 heavy (non-hydrogen) atoms. The molecule has 0 spiro atoms. The van der Waals surface area contributed by atoms with E-state index in [1.807, 2.05) is 30.3 Å². The predicted molar refractivity (Wildman–Crippen MR) is 152 cm³/mol. The van der Waals surface area contributed by atoms with Crippen LogP contribution in [0, 0.1) is 5.82 Å². The van der Waals surface area contributed by atoms with Crippen molar-refractivity contribution in [3.8, 4) is 17.0 Å². The lowest BCUT2D eigenvalue weighted by molar-refractivity contribution is -0.123. The van der Waals surface area contributed by atoms with Gasteiger partial charge in [0, 0.05) is 37.2 Å². The fourth-order valence-corrected chi connectivity index (χ4v) is 5.29. The number of nitrogens with zero attached hydrogens (tertiary/aromatic N) is 3. The number of anilines is 1. The summed E-state index contributed by atoms with van der Waals surface area (Å²) in [7, 11) is 0. The smallest absolute Gasteiger partial charge is 0.257 e. The van der Waals surface area contributed by atoms with Crippen molar-refractivity contribution in [2.24, 2.45) is 4.99 Å². The number of halogens is 1. The van der Waals surface area contributed by atoms with Crippen LogP contribution >= 0.6 is 11.3 Å². The first-order valence-corrected chi connectivity index (χ1v) is 13.9. The molecule has 9 heteroatoms. The van der Waals surface area contributed by atoms with Crippen molar-refractivity contribution in [3.05, 3.63) is 94.9 Å². The zero-order chi connectivity index (χ0) is 26.9. The van der Waals surface area contributed by atoms with Crippen LogP contribution in [0.3, 0.4) is 0 Å². The monoisotopic (exact) mass is 546 g/mol. The number of hydrogen-bond acceptors (Lipinski definition) is 6. The van der Waals surface area contributed by atoms with Crippen molar-refractivity contribution in [1.29, 1.82) is 0 Å². The van der Waals surface area contributed by atoms with Gasteiger partial charge in [0.25, 0.3) is 5.91 Å². The largest absolute Gasteiger partial charge is 0.484 e. The molecule has 1 amide bonds. The van der Waals surface area contributed by atoms with Crippen molar-refractivity contribution >= 4 is 28.6 Å². The Morgan fingerprint density at radius 1 is 1.00 bits per heavy atom. The summed E-state index contributed by atoms with van der Waals surface area (Å²) in [5.74, 6) is 0.211. The molecule has 0 unspecified atom stereocenters. The summed E-state index contributed by atoms with van der Waals surface area (Å²) in [5, 5.41) is 5.03. The lowest BCUT2D eigenvalue weighted by Crippen LogP contribution is -2.36. The minimum absolute atomic E-state index is 0.0263. The van der Waals surface area contributed by atoms with Crippen LogP contribution in [-0.4, -0.2) is 49.9 Å². The fourth-order valence-electron chi connectivity index (χ4n) is 4.34. The molecule has 0 radical (unpaired) electrons. The van der Waals surface area contributed by atoms with Gasteiger partial charge in [-0.25, -0.2) is 9.38 Å². The number of para-hydroxylation sites is 1. The number of amides is 1. The van der Waals surface area contributed by atoms with Gasteiger partial charge in [0.1, 0.15) is 11.6 Å². The Labute approximate surface area is 231 Å². The third-order valence-electron chi connectivity index (χ3n) is 6.38. The first-order chi connectivity index (χ1) is 19.2. The number of aromatic nitrogens is 1. The molecule has 2 heterocycles. The number of rotatable bonds is 10. The SMILES string of the molecule is O=C(COc1ccccc1)NCCCn1c(-c2ccc(N3CCOCC3)cc2)cs/c1=N\c1ccc(F)cc1. The molecule has 202 valence electrons. The van der Waals surface area contributed by atoms with E-state index < -0.39 is 0 Å². The standard InChI is InChI=1S/C30H31FN4O3S/c31-24-9-11-25(12-10-24)33-30-35(16-4-15-32-29(36)21-38-27-5-2-1-3-6-27)28(22-39-30)23-7-13-26(14-8-23)34-17-19-37-20-18-34/h1-3,5-14,22H,4,15-21H2,(H,32,36)/b33-30-. The molecule has 0 aliphatic carbocycles. The summed E-state index contributed by atoms with van der Waals surface area (Å²) in [4.78, 5) is 20.2. The van der Waals surface area contributed by atoms with E-state index in [4.69, 9.17) is 14.5 Å². The Bertz CT molecular complexity index is 1410. The van der Waals surface area contributed by atoms with E-state index in [-0.39, 0.29) is 18.3 Å². The van der Waals surface area contributed by atoms with Gasteiger partial charge in [-0.1, -0.05) is 30.3 Å². The second-order valence-electron chi connectivity index (χ2n) is 9.09. The normalized spacial score (nSPS) is 13.9. The predicted octanol–water partition coefficient (Wildman–Crippen LogP) is 5.01. The van der Waals surface area contributed by atoms with Gasteiger partial charge in [-0.3, -0.25) is 4.79 Å². The topological polar surface area (TPSA) is 68.1 Å². The maximum atomic E-state index is 13.4. The highest BCUT2D eigenvalue weighted by Crippen LogP contribution is 2.25. The summed E-state index contributed by atoms with van der Waals surface area (Å²) >= 11 is 1.54. The molecule has 7 nitrogen and oxygen atoms in total. The highest BCUT2D eigenvalue weighted by molar-refractivity contribution is 7.07. The van der Waals surface area contributed by atoms with E-state index >= 15 is 0 Å². The Hall–Kier alpha value is -3.95. The van der Waals surface area contributed by atoms with Crippen LogP contribution in [0.1, 0.15) is 6.42 Å². The van der Waals surface area contributed by atoms with Crippen LogP contribution in [0.15, 0.2) is 89.2 Å². The third kappa shape index (κ3) is 7.34. The second-order valence-corrected chi connectivity index (χ2v) is 9.93.